The van der Waals surface area contributed by atoms with Gasteiger partial charge in [-0.15, -0.1) is 0 Å². The highest BCUT2D eigenvalue weighted by atomic mass is 16.4. The molecule has 6 heteroatoms. The summed E-state index contributed by atoms with van der Waals surface area (Å²) >= 11 is 0. The minimum atomic E-state index is -1.18. The smallest absolute Gasteiger partial charge is 0.354 e. The molecular weight excluding hydrogens is 248 g/mol. The number of aliphatic carboxylic acids is 1. The van der Waals surface area contributed by atoms with E-state index in [0.717, 1.165) is 5.56 Å². The van der Waals surface area contributed by atoms with Gasteiger partial charge in [0.05, 0.1) is 19.2 Å². The molecule has 0 atom stereocenters. The number of nitrogens with zero attached hydrogens (tertiary/aromatic N) is 2. The van der Waals surface area contributed by atoms with Crippen LogP contribution in [0, 0.1) is 0 Å². The highest BCUT2D eigenvalue weighted by Gasteiger charge is 2.19. The Labute approximate surface area is 108 Å². The van der Waals surface area contributed by atoms with Crippen molar-refractivity contribution in [3.63, 3.8) is 0 Å². The molecule has 2 aromatic rings. The van der Waals surface area contributed by atoms with Crippen molar-refractivity contribution in [1.29, 1.82) is 0 Å². The zero-order valence-electron chi connectivity index (χ0n) is 9.98. The van der Waals surface area contributed by atoms with Crippen LogP contribution in [0.5, 0.6) is 0 Å². The molecule has 0 aliphatic rings. The van der Waals surface area contributed by atoms with Crippen LogP contribution in [-0.4, -0.2) is 31.9 Å². The van der Waals surface area contributed by atoms with Crippen molar-refractivity contribution in [1.82, 2.24) is 9.78 Å². The van der Waals surface area contributed by atoms with Crippen molar-refractivity contribution >= 4 is 11.9 Å². The summed E-state index contributed by atoms with van der Waals surface area (Å²) in [7, 11) is 0. The molecule has 0 fully saturated rings. The summed E-state index contributed by atoms with van der Waals surface area (Å²) in [5, 5.41) is 21.9. The van der Waals surface area contributed by atoms with E-state index in [1.165, 1.54) is 10.9 Å². The number of benzene rings is 1. The molecule has 0 radical (unpaired) electrons. The third kappa shape index (κ3) is 2.98. The largest absolute Gasteiger partial charge is 0.481 e. The SMILES string of the molecule is O=C(O)Cc1cnn(Cc2ccccc2)c1C(=O)O. The molecule has 0 amide bonds. The molecule has 0 unspecified atom stereocenters. The van der Waals surface area contributed by atoms with Gasteiger partial charge in [-0.2, -0.15) is 5.10 Å². The van der Waals surface area contributed by atoms with Gasteiger partial charge in [-0.3, -0.25) is 9.48 Å². The van der Waals surface area contributed by atoms with Gasteiger partial charge in [-0.05, 0) is 5.56 Å². The molecule has 1 aromatic heterocycles. The van der Waals surface area contributed by atoms with Crippen LogP contribution in [-0.2, 0) is 17.8 Å². The van der Waals surface area contributed by atoms with E-state index in [4.69, 9.17) is 5.11 Å². The van der Waals surface area contributed by atoms with E-state index in [9.17, 15) is 14.7 Å². The number of carbonyl (C=O) groups is 2. The van der Waals surface area contributed by atoms with Gasteiger partial charge in [-0.25, -0.2) is 4.79 Å². The molecule has 0 bridgehead atoms. The quantitative estimate of drug-likeness (QED) is 0.844. The van der Waals surface area contributed by atoms with Crippen LogP contribution in [0.15, 0.2) is 36.5 Å². The minimum absolute atomic E-state index is 0.0775. The van der Waals surface area contributed by atoms with Crippen LogP contribution >= 0.6 is 0 Å². The zero-order chi connectivity index (χ0) is 13.8. The van der Waals surface area contributed by atoms with Crippen molar-refractivity contribution in [2.45, 2.75) is 13.0 Å². The monoisotopic (exact) mass is 260 g/mol. The molecule has 0 spiro atoms. The molecule has 98 valence electrons. The van der Waals surface area contributed by atoms with Crippen molar-refractivity contribution in [3.05, 3.63) is 53.3 Å². The second-order valence-corrected chi connectivity index (χ2v) is 4.04. The fourth-order valence-electron chi connectivity index (χ4n) is 1.84. The van der Waals surface area contributed by atoms with Gasteiger partial charge >= 0.3 is 11.9 Å². The topological polar surface area (TPSA) is 92.4 Å². The van der Waals surface area contributed by atoms with E-state index < -0.39 is 11.9 Å². The van der Waals surface area contributed by atoms with E-state index in [1.807, 2.05) is 30.3 Å². The first-order chi connectivity index (χ1) is 9.08. The maximum atomic E-state index is 11.2. The lowest BCUT2D eigenvalue weighted by Crippen LogP contribution is -2.14. The molecule has 1 aromatic carbocycles. The van der Waals surface area contributed by atoms with Gasteiger partial charge in [0.1, 0.15) is 5.69 Å². The Kier molecular flexibility index (Phi) is 3.61. The summed E-state index contributed by atoms with van der Waals surface area (Å²) < 4.78 is 1.30. The van der Waals surface area contributed by atoms with E-state index in [2.05, 4.69) is 5.10 Å². The lowest BCUT2D eigenvalue weighted by atomic mass is 10.1. The average molecular weight is 260 g/mol. The Morgan fingerprint density at radius 3 is 2.42 bits per heavy atom. The summed E-state index contributed by atoms with van der Waals surface area (Å²) in [6.07, 6.45) is 0.941. The minimum Gasteiger partial charge on any atom is -0.481 e. The second kappa shape index (κ2) is 5.34. The van der Waals surface area contributed by atoms with Gasteiger partial charge in [0.25, 0.3) is 0 Å². The maximum Gasteiger partial charge on any atom is 0.354 e. The van der Waals surface area contributed by atoms with E-state index in [-0.39, 0.29) is 17.7 Å². The molecular formula is C13H12N2O4. The summed E-state index contributed by atoms with van der Waals surface area (Å²) in [5.41, 5.74) is 1.03. The maximum absolute atomic E-state index is 11.2. The summed E-state index contributed by atoms with van der Waals surface area (Å²) in [6.45, 7) is 0.294. The lowest BCUT2D eigenvalue weighted by Gasteiger charge is -2.05. The Balaban J connectivity index is 2.33. The summed E-state index contributed by atoms with van der Waals surface area (Å²) in [5.74, 6) is -2.26. The molecule has 0 aliphatic carbocycles. The third-order valence-corrected chi connectivity index (χ3v) is 2.63. The molecule has 0 aliphatic heterocycles. The first-order valence-electron chi connectivity index (χ1n) is 5.61. The van der Waals surface area contributed by atoms with Gasteiger partial charge in [-0.1, -0.05) is 30.3 Å². The third-order valence-electron chi connectivity index (χ3n) is 2.63. The van der Waals surface area contributed by atoms with Gasteiger partial charge < -0.3 is 10.2 Å². The van der Waals surface area contributed by atoms with E-state index in [0.29, 0.717) is 6.54 Å². The molecule has 0 saturated heterocycles. The normalized spacial score (nSPS) is 10.3. The van der Waals surface area contributed by atoms with E-state index >= 15 is 0 Å². The molecule has 2 rings (SSSR count). The number of hydrogen-bond donors (Lipinski definition) is 2. The van der Waals surface area contributed by atoms with Crippen LogP contribution < -0.4 is 0 Å². The number of aromatic carboxylic acids is 1. The Morgan fingerprint density at radius 2 is 1.84 bits per heavy atom. The van der Waals surface area contributed by atoms with Crippen LogP contribution in [0.2, 0.25) is 0 Å². The average Bonchev–Trinajstić information content (AvgIpc) is 2.72. The van der Waals surface area contributed by atoms with Crippen molar-refractivity contribution < 1.29 is 19.8 Å². The number of carboxylic acids is 2. The fraction of sp³-hybridized carbons (Fsp3) is 0.154. The second-order valence-electron chi connectivity index (χ2n) is 4.04. The Hall–Kier alpha value is -2.63. The molecule has 6 nitrogen and oxygen atoms in total. The lowest BCUT2D eigenvalue weighted by molar-refractivity contribution is -0.136. The highest BCUT2D eigenvalue weighted by Crippen LogP contribution is 2.12. The fourth-order valence-corrected chi connectivity index (χ4v) is 1.84. The molecule has 2 N–H and O–H groups in total. The number of carboxylic acid groups (broad SMARTS) is 2. The zero-order valence-corrected chi connectivity index (χ0v) is 9.98. The summed E-state index contributed by atoms with van der Waals surface area (Å²) in [4.78, 5) is 21.9. The van der Waals surface area contributed by atoms with Crippen LogP contribution in [0.4, 0.5) is 0 Å². The molecule has 0 saturated carbocycles. The highest BCUT2D eigenvalue weighted by molar-refractivity contribution is 5.89. The predicted molar refractivity (Wildman–Crippen MR) is 66.1 cm³/mol. The van der Waals surface area contributed by atoms with E-state index in [1.54, 1.807) is 0 Å². The van der Waals surface area contributed by atoms with Crippen LogP contribution in [0.1, 0.15) is 21.6 Å². The van der Waals surface area contributed by atoms with Gasteiger partial charge in [0.15, 0.2) is 0 Å². The van der Waals surface area contributed by atoms with Gasteiger partial charge in [0.2, 0.25) is 0 Å². The number of rotatable bonds is 5. The van der Waals surface area contributed by atoms with Gasteiger partial charge in [0, 0.05) is 5.56 Å². The number of hydrogen-bond acceptors (Lipinski definition) is 3. The first kappa shape index (κ1) is 12.8. The first-order valence-corrected chi connectivity index (χ1v) is 5.61. The van der Waals surface area contributed by atoms with Crippen molar-refractivity contribution in [2.75, 3.05) is 0 Å². The number of aromatic nitrogens is 2. The molecule has 19 heavy (non-hydrogen) atoms. The Morgan fingerprint density at radius 1 is 1.16 bits per heavy atom. The van der Waals surface area contributed by atoms with Crippen molar-refractivity contribution in [2.24, 2.45) is 0 Å². The van der Waals surface area contributed by atoms with Crippen LogP contribution in [0.3, 0.4) is 0 Å². The van der Waals surface area contributed by atoms with Crippen LogP contribution in [0.25, 0.3) is 0 Å². The standard InChI is InChI=1S/C13H12N2O4/c16-11(17)6-10-7-14-15(12(10)13(18)19)8-9-4-2-1-3-5-9/h1-5,7H,6,8H2,(H,16,17)(H,18,19). The Bertz CT molecular complexity index is 604. The predicted octanol–water partition coefficient (Wildman–Crippen LogP) is 1.26. The van der Waals surface area contributed by atoms with Crippen molar-refractivity contribution in [3.8, 4) is 0 Å². The summed E-state index contributed by atoms with van der Waals surface area (Å²) in [6, 6.07) is 9.25. The molecule has 1 heterocycles.